The number of carbonyl (C=O) groups is 1. The molecule has 1 amide bonds. The highest BCUT2D eigenvalue weighted by Crippen LogP contribution is 2.62. The molecule has 10 heteroatoms. The predicted octanol–water partition coefficient (Wildman–Crippen LogP) is 11.4. The topological polar surface area (TPSA) is 110 Å². The standard InChI is InChI=1S/C56H64N2O7S/c1-3-29-58(55(61)44-26-25-41-19-11-12-20-42(41)35-44)52-38-50(57-64-39-40-17-7-5-8-18-40)48-36-43(21-13-15-30-59)47(24-14-16-31-60)53-49-37-45(62-33-34-66-46-22-9-6-10-23-46)27-28-51(49)65-56(52,54(48)53)63-32-4-2/h4-12,17-20,22-23,25-28,35-37,43,47,52-54,59-60H,2-3,13-16,21,24,29-34,38-39H2,1H3/t43-,47+,52-,53+,54+,56+/m0/s1. The molecule has 3 aliphatic rings. The van der Waals surface area contributed by atoms with E-state index in [0.29, 0.717) is 50.1 Å². The second-order valence-corrected chi connectivity index (χ2v) is 18.8. The van der Waals surface area contributed by atoms with Crippen LogP contribution < -0.4 is 9.47 Å². The van der Waals surface area contributed by atoms with E-state index in [1.807, 2.05) is 89.8 Å². The Hall–Kier alpha value is -5.39. The Morgan fingerprint density at radius 3 is 2.39 bits per heavy atom. The van der Waals surface area contributed by atoms with Crippen LogP contribution in [-0.2, 0) is 16.2 Å². The van der Waals surface area contributed by atoms with Gasteiger partial charge in [0.1, 0.15) is 24.1 Å². The molecule has 1 saturated carbocycles. The molecule has 6 atom stereocenters. The first-order valence-corrected chi connectivity index (χ1v) is 24.8. The first-order valence-electron chi connectivity index (χ1n) is 23.8. The minimum absolute atomic E-state index is 0.100. The predicted molar refractivity (Wildman–Crippen MR) is 264 cm³/mol. The molecule has 66 heavy (non-hydrogen) atoms. The molecule has 5 aromatic rings. The summed E-state index contributed by atoms with van der Waals surface area (Å²) in [6.07, 6.45) is 9.97. The molecule has 1 aliphatic heterocycles. The van der Waals surface area contributed by atoms with Crippen molar-refractivity contribution in [3.63, 3.8) is 0 Å². The molecular weight excluding hydrogens is 845 g/mol. The molecule has 9 nitrogen and oxygen atoms in total. The van der Waals surface area contributed by atoms with E-state index in [1.165, 1.54) is 4.90 Å². The highest BCUT2D eigenvalue weighted by molar-refractivity contribution is 7.99. The average molecular weight is 909 g/mol. The van der Waals surface area contributed by atoms with Gasteiger partial charge in [0.2, 0.25) is 5.79 Å². The van der Waals surface area contributed by atoms with E-state index < -0.39 is 17.7 Å². The molecule has 0 radical (unpaired) electrons. The summed E-state index contributed by atoms with van der Waals surface area (Å²) in [6, 6.07) is 40.0. The van der Waals surface area contributed by atoms with Crippen LogP contribution in [0.15, 0.2) is 156 Å². The number of amides is 1. The third-order valence-electron chi connectivity index (χ3n) is 13.4. The Labute approximate surface area is 394 Å². The van der Waals surface area contributed by atoms with E-state index in [2.05, 4.69) is 56.0 Å². The Balaban J connectivity index is 1.28. The van der Waals surface area contributed by atoms with Crippen LogP contribution in [0.25, 0.3) is 10.8 Å². The second kappa shape index (κ2) is 22.9. The Morgan fingerprint density at radius 1 is 0.894 bits per heavy atom. The van der Waals surface area contributed by atoms with Crippen molar-refractivity contribution >= 4 is 34.2 Å². The molecule has 0 spiro atoms. The molecule has 0 bridgehead atoms. The average Bonchev–Trinajstić information content (AvgIpc) is 3.35. The van der Waals surface area contributed by atoms with Crippen LogP contribution >= 0.6 is 11.8 Å². The summed E-state index contributed by atoms with van der Waals surface area (Å²) in [6.45, 7) is 7.90. The van der Waals surface area contributed by atoms with Crippen LogP contribution in [0, 0.1) is 17.8 Å². The summed E-state index contributed by atoms with van der Waals surface area (Å²) in [7, 11) is 0. The summed E-state index contributed by atoms with van der Waals surface area (Å²) in [5.74, 6) is 0.446. The van der Waals surface area contributed by atoms with Crippen LogP contribution in [-0.4, -0.2) is 77.3 Å². The van der Waals surface area contributed by atoms with Gasteiger partial charge in [-0.2, -0.15) is 0 Å². The largest absolute Gasteiger partial charge is 0.493 e. The van der Waals surface area contributed by atoms with Gasteiger partial charge in [0.15, 0.2) is 0 Å². The zero-order valence-electron chi connectivity index (χ0n) is 38.1. The number of aliphatic hydroxyl groups is 2. The van der Waals surface area contributed by atoms with Crippen molar-refractivity contribution in [1.29, 1.82) is 0 Å². The SMILES string of the molecule is C=CCO[C@@]12Oc3ccc(OCCSc4ccccc4)cc3[C@H]3[C@H](CCCCO)[C@@H](CCCCO)C=C(C(=NOCc4ccccc4)C[C@@H]1N(CCC)C(=O)c1ccc4ccccc4c1)[C@H]32. The number of carbonyl (C=O) groups excluding carboxylic acids is 1. The maximum absolute atomic E-state index is 15.3. The Kier molecular flexibility index (Phi) is 16.3. The van der Waals surface area contributed by atoms with Crippen LogP contribution in [0.3, 0.4) is 0 Å². The third-order valence-corrected chi connectivity index (χ3v) is 14.3. The van der Waals surface area contributed by atoms with E-state index in [9.17, 15) is 10.2 Å². The minimum atomic E-state index is -1.35. The fraction of sp³-hybridized carbons (Fsp3) is 0.393. The lowest BCUT2D eigenvalue weighted by Crippen LogP contribution is -2.70. The van der Waals surface area contributed by atoms with E-state index in [4.69, 9.17) is 24.2 Å². The molecule has 1 heterocycles. The van der Waals surface area contributed by atoms with Crippen molar-refractivity contribution in [2.45, 2.75) is 87.5 Å². The second-order valence-electron chi connectivity index (χ2n) is 17.6. The van der Waals surface area contributed by atoms with Crippen molar-refractivity contribution in [1.82, 2.24) is 4.90 Å². The molecule has 0 aromatic heterocycles. The molecule has 346 valence electrons. The van der Waals surface area contributed by atoms with Gasteiger partial charge in [-0.05, 0) is 108 Å². The number of ether oxygens (including phenoxy) is 3. The van der Waals surface area contributed by atoms with Crippen LogP contribution in [0.2, 0.25) is 0 Å². The van der Waals surface area contributed by atoms with E-state index >= 15 is 4.79 Å². The van der Waals surface area contributed by atoms with Gasteiger partial charge in [-0.3, -0.25) is 4.79 Å². The van der Waals surface area contributed by atoms with Crippen LogP contribution in [0.1, 0.15) is 85.7 Å². The number of unbranched alkanes of at least 4 members (excludes halogenated alkanes) is 2. The highest BCUT2D eigenvalue weighted by Gasteiger charge is 2.65. The summed E-state index contributed by atoms with van der Waals surface area (Å²) < 4.78 is 21.2. The molecule has 0 saturated heterocycles. The van der Waals surface area contributed by atoms with Gasteiger partial charge in [0, 0.05) is 53.9 Å². The molecule has 5 aromatic carbocycles. The molecule has 1 fully saturated rings. The Morgan fingerprint density at radius 2 is 1.64 bits per heavy atom. The van der Waals surface area contributed by atoms with Gasteiger partial charge in [-0.1, -0.05) is 116 Å². The van der Waals surface area contributed by atoms with E-state index in [-0.39, 0.29) is 50.1 Å². The molecule has 2 aliphatic carbocycles. The maximum Gasteiger partial charge on any atom is 0.254 e. The lowest BCUT2D eigenvalue weighted by Gasteiger charge is -2.60. The van der Waals surface area contributed by atoms with Crippen molar-refractivity contribution in [3.8, 4) is 11.5 Å². The van der Waals surface area contributed by atoms with Gasteiger partial charge < -0.3 is 34.2 Å². The highest BCUT2D eigenvalue weighted by atomic mass is 32.2. The number of fused-ring (bicyclic) bond motifs is 3. The number of benzene rings is 5. The third kappa shape index (κ3) is 10.6. The normalized spacial score (nSPS) is 22.4. The summed E-state index contributed by atoms with van der Waals surface area (Å²) in [5.41, 5.74) is 4.41. The summed E-state index contributed by atoms with van der Waals surface area (Å²) in [4.78, 5) is 24.8. The monoisotopic (exact) mass is 908 g/mol. The zero-order valence-corrected chi connectivity index (χ0v) is 39.0. The lowest BCUT2D eigenvalue weighted by molar-refractivity contribution is -0.254. The van der Waals surface area contributed by atoms with Gasteiger partial charge in [0.05, 0.1) is 24.8 Å². The molecule has 0 unspecified atom stereocenters. The number of allylic oxidation sites excluding steroid dienone is 1. The lowest BCUT2D eigenvalue weighted by atomic mass is 9.55. The zero-order chi connectivity index (χ0) is 45.7. The van der Waals surface area contributed by atoms with Gasteiger partial charge in [0.25, 0.3) is 5.91 Å². The van der Waals surface area contributed by atoms with Crippen molar-refractivity contribution in [2.24, 2.45) is 22.9 Å². The Bertz CT molecular complexity index is 2440. The van der Waals surface area contributed by atoms with E-state index in [0.717, 1.165) is 70.4 Å². The molecular formula is C56H64N2O7S. The number of thioether (sulfide) groups is 1. The van der Waals surface area contributed by atoms with Crippen molar-refractivity contribution < 1.29 is 34.1 Å². The number of hydrogen-bond acceptors (Lipinski definition) is 9. The smallest absolute Gasteiger partial charge is 0.254 e. The summed E-state index contributed by atoms with van der Waals surface area (Å²) in [5, 5.41) is 27.1. The molecule has 8 rings (SSSR count). The maximum atomic E-state index is 15.3. The first-order chi connectivity index (χ1) is 32.5. The van der Waals surface area contributed by atoms with Gasteiger partial charge >= 0.3 is 0 Å². The number of rotatable bonds is 23. The van der Waals surface area contributed by atoms with Crippen molar-refractivity contribution in [3.05, 3.63) is 162 Å². The number of oxime groups is 1. The number of aliphatic hydroxyl groups excluding tert-OH is 2. The minimum Gasteiger partial charge on any atom is -0.493 e. The first kappa shape index (κ1) is 47.1. The summed E-state index contributed by atoms with van der Waals surface area (Å²) >= 11 is 1.76. The van der Waals surface area contributed by atoms with Gasteiger partial charge in [-0.25, -0.2) is 0 Å². The van der Waals surface area contributed by atoms with Crippen LogP contribution in [0.5, 0.6) is 11.5 Å². The van der Waals surface area contributed by atoms with E-state index in [1.54, 1.807) is 17.8 Å². The fourth-order valence-electron chi connectivity index (χ4n) is 10.5. The fourth-order valence-corrected chi connectivity index (χ4v) is 11.2. The number of nitrogens with zero attached hydrogens (tertiary/aromatic N) is 2. The quantitative estimate of drug-likeness (QED) is 0.0289. The number of hydrogen-bond donors (Lipinski definition) is 2. The molecule has 2 N–H and O–H groups in total. The van der Waals surface area contributed by atoms with Crippen LogP contribution in [0.4, 0.5) is 0 Å². The van der Waals surface area contributed by atoms with Crippen molar-refractivity contribution in [2.75, 3.05) is 38.7 Å². The van der Waals surface area contributed by atoms with Gasteiger partial charge in [-0.15, -0.1) is 18.3 Å².